The third kappa shape index (κ3) is 2.97. The summed E-state index contributed by atoms with van der Waals surface area (Å²) in [5.74, 6) is 2.72. The van der Waals surface area contributed by atoms with E-state index in [4.69, 9.17) is 14.0 Å². The zero-order chi connectivity index (χ0) is 17.4. The van der Waals surface area contributed by atoms with Crippen molar-refractivity contribution in [3.63, 3.8) is 0 Å². The van der Waals surface area contributed by atoms with Crippen molar-refractivity contribution in [2.75, 3.05) is 20.8 Å². The van der Waals surface area contributed by atoms with Crippen molar-refractivity contribution in [3.05, 3.63) is 41.3 Å². The molecule has 0 spiro atoms. The van der Waals surface area contributed by atoms with Crippen LogP contribution in [0.25, 0.3) is 0 Å². The molecular formula is C19H22N2O4. The molecule has 4 rings (SSSR count). The van der Waals surface area contributed by atoms with Crippen LogP contribution in [0.5, 0.6) is 11.5 Å². The normalized spacial score (nSPS) is 19.9. The van der Waals surface area contributed by atoms with Gasteiger partial charge in [0, 0.05) is 24.1 Å². The van der Waals surface area contributed by atoms with Crippen LogP contribution in [0.4, 0.5) is 0 Å². The number of hydrogen-bond acceptors (Lipinski definition) is 5. The molecule has 132 valence electrons. The Labute approximate surface area is 146 Å². The van der Waals surface area contributed by atoms with E-state index in [1.165, 1.54) is 0 Å². The van der Waals surface area contributed by atoms with Gasteiger partial charge < -0.3 is 18.9 Å². The lowest BCUT2D eigenvalue weighted by Crippen LogP contribution is -2.31. The number of benzene rings is 1. The van der Waals surface area contributed by atoms with Crippen molar-refractivity contribution < 1.29 is 18.8 Å². The Morgan fingerprint density at radius 3 is 2.76 bits per heavy atom. The first-order chi connectivity index (χ1) is 12.2. The minimum atomic E-state index is -0.0805. The molecule has 25 heavy (non-hydrogen) atoms. The fraction of sp³-hybridized carbons (Fsp3) is 0.474. The minimum Gasteiger partial charge on any atom is -0.497 e. The molecular weight excluding hydrogens is 320 g/mol. The molecule has 2 fully saturated rings. The number of aromatic nitrogens is 1. The average Bonchev–Trinajstić information content (AvgIpc) is 3.19. The average molecular weight is 342 g/mol. The van der Waals surface area contributed by atoms with E-state index in [-0.39, 0.29) is 11.9 Å². The molecule has 0 N–H and O–H groups in total. The van der Waals surface area contributed by atoms with E-state index in [2.05, 4.69) is 5.16 Å². The number of methoxy groups -OCH3 is 2. The fourth-order valence-electron chi connectivity index (χ4n) is 3.53. The molecule has 0 bridgehead atoms. The topological polar surface area (TPSA) is 64.8 Å². The maximum Gasteiger partial charge on any atom is 0.276 e. The third-order valence-corrected chi connectivity index (χ3v) is 5.04. The van der Waals surface area contributed by atoms with Gasteiger partial charge in [-0.3, -0.25) is 4.79 Å². The molecule has 1 atom stereocenters. The lowest BCUT2D eigenvalue weighted by atomic mass is 10.0. The van der Waals surface area contributed by atoms with Gasteiger partial charge in [0.05, 0.1) is 20.3 Å². The number of rotatable bonds is 5. The molecule has 2 heterocycles. The van der Waals surface area contributed by atoms with Crippen LogP contribution < -0.4 is 9.47 Å². The van der Waals surface area contributed by atoms with Crippen molar-refractivity contribution in [2.45, 2.75) is 37.6 Å². The minimum absolute atomic E-state index is 0.0429. The molecule has 0 radical (unpaired) electrons. The number of carbonyl (C=O) groups is 1. The number of amides is 1. The van der Waals surface area contributed by atoms with Gasteiger partial charge in [0.2, 0.25) is 0 Å². The molecule has 1 aromatic carbocycles. The van der Waals surface area contributed by atoms with Crippen LogP contribution in [0, 0.1) is 0 Å². The highest BCUT2D eigenvalue weighted by Crippen LogP contribution is 2.42. The number of carbonyl (C=O) groups excluding carboxylic acids is 1. The second kappa shape index (κ2) is 6.43. The Balaban J connectivity index is 1.62. The second-order valence-corrected chi connectivity index (χ2v) is 6.65. The van der Waals surface area contributed by atoms with E-state index in [9.17, 15) is 4.79 Å². The van der Waals surface area contributed by atoms with Gasteiger partial charge >= 0.3 is 0 Å². The van der Waals surface area contributed by atoms with Gasteiger partial charge in [0.1, 0.15) is 17.3 Å². The van der Waals surface area contributed by atoms with Crippen LogP contribution in [0.3, 0.4) is 0 Å². The van der Waals surface area contributed by atoms with E-state index in [0.29, 0.717) is 18.2 Å². The first kappa shape index (κ1) is 16.0. The van der Waals surface area contributed by atoms with Gasteiger partial charge in [0.15, 0.2) is 5.69 Å². The molecule has 2 aliphatic rings. The third-order valence-electron chi connectivity index (χ3n) is 5.04. The van der Waals surface area contributed by atoms with Crippen LogP contribution >= 0.6 is 0 Å². The second-order valence-electron chi connectivity index (χ2n) is 6.65. The zero-order valence-corrected chi connectivity index (χ0v) is 14.5. The first-order valence-corrected chi connectivity index (χ1v) is 8.70. The Morgan fingerprint density at radius 1 is 1.20 bits per heavy atom. The number of likely N-dealkylation sites (tertiary alicyclic amines) is 1. The lowest BCUT2D eigenvalue weighted by molar-refractivity contribution is 0.0723. The SMILES string of the molecule is COc1ccc(OC)c(C2CCCN2C(=O)c2cc(C3CC3)on2)c1. The highest BCUT2D eigenvalue weighted by Gasteiger charge is 2.35. The summed E-state index contributed by atoms with van der Waals surface area (Å²) < 4.78 is 16.2. The summed E-state index contributed by atoms with van der Waals surface area (Å²) in [6.07, 6.45) is 4.08. The number of hydrogen-bond donors (Lipinski definition) is 0. The highest BCUT2D eigenvalue weighted by molar-refractivity contribution is 5.92. The molecule has 1 saturated carbocycles. The van der Waals surface area contributed by atoms with Gasteiger partial charge in [0.25, 0.3) is 5.91 Å². The molecule has 1 unspecified atom stereocenters. The van der Waals surface area contributed by atoms with E-state index in [0.717, 1.165) is 48.5 Å². The molecule has 6 heteroatoms. The van der Waals surface area contributed by atoms with Crippen molar-refractivity contribution in [3.8, 4) is 11.5 Å². The quantitative estimate of drug-likeness (QED) is 0.831. The summed E-state index contributed by atoms with van der Waals surface area (Å²) in [5, 5.41) is 4.00. The number of nitrogens with zero attached hydrogens (tertiary/aromatic N) is 2. The van der Waals surface area contributed by atoms with Crippen molar-refractivity contribution in [1.29, 1.82) is 0 Å². The summed E-state index contributed by atoms with van der Waals surface area (Å²) in [5.41, 5.74) is 1.37. The standard InChI is InChI=1S/C19H22N2O4/c1-23-13-7-8-17(24-2)14(10-13)16-4-3-9-21(16)19(22)15-11-18(25-20-15)12-5-6-12/h7-8,10-12,16H,3-6,9H2,1-2H3. The van der Waals surface area contributed by atoms with Crippen LogP contribution in [0.1, 0.15) is 59.5 Å². The molecule has 2 aromatic rings. The summed E-state index contributed by atoms with van der Waals surface area (Å²) in [6.45, 7) is 0.704. The Kier molecular flexibility index (Phi) is 4.11. The maximum absolute atomic E-state index is 13.0. The summed E-state index contributed by atoms with van der Waals surface area (Å²) in [4.78, 5) is 14.8. The number of ether oxygens (including phenoxy) is 2. The summed E-state index contributed by atoms with van der Waals surface area (Å²) >= 11 is 0. The molecule has 1 saturated heterocycles. The van der Waals surface area contributed by atoms with Crippen LogP contribution in [-0.4, -0.2) is 36.7 Å². The smallest absolute Gasteiger partial charge is 0.276 e. The summed E-state index contributed by atoms with van der Waals surface area (Å²) in [7, 11) is 3.28. The fourth-order valence-corrected chi connectivity index (χ4v) is 3.53. The lowest BCUT2D eigenvalue weighted by Gasteiger charge is -2.26. The van der Waals surface area contributed by atoms with E-state index in [1.54, 1.807) is 20.3 Å². The first-order valence-electron chi connectivity index (χ1n) is 8.70. The zero-order valence-electron chi connectivity index (χ0n) is 14.5. The van der Waals surface area contributed by atoms with E-state index in [1.807, 2.05) is 23.1 Å². The van der Waals surface area contributed by atoms with E-state index < -0.39 is 0 Å². The Bertz CT molecular complexity index is 781. The molecule has 1 aliphatic heterocycles. The summed E-state index contributed by atoms with van der Waals surface area (Å²) in [6, 6.07) is 7.46. The Hall–Kier alpha value is -2.50. The van der Waals surface area contributed by atoms with Crippen molar-refractivity contribution >= 4 is 5.91 Å². The van der Waals surface area contributed by atoms with E-state index >= 15 is 0 Å². The monoisotopic (exact) mass is 342 g/mol. The van der Waals surface area contributed by atoms with Crippen LogP contribution in [-0.2, 0) is 0 Å². The largest absolute Gasteiger partial charge is 0.497 e. The Morgan fingerprint density at radius 2 is 2.04 bits per heavy atom. The maximum atomic E-state index is 13.0. The van der Waals surface area contributed by atoms with Gasteiger partial charge in [-0.15, -0.1) is 0 Å². The van der Waals surface area contributed by atoms with Crippen LogP contribution in [0.15, 0.2) is 28.8 Å². The van der Waals surface area contributed by atoms with Gasteiger partial charge in [-0.2, -0.15) is 0 Å². The predicted octanol–water partition coefficient (Wildman–Crippen LogP) is 3.55. The molecule has 1 amide bonds. The van der Waals surface area contributed by atoms with Gasteiger partial charge in [-0.05, 0) is 43.9 Å². The predicted molar refractivity (Wildman–Crippen MR) is 91.0 cm³/mol. The molecule has 1 aromatic heterocycles. The van der Waals surface area contributed by atoms with Gasteiger partial charge in [-0.1, -0.05) is 5.16 Å². The van der Waals surface area contributed by atoms with Crippen molar-refractivity contribution in [1.82, 2.24) is 10.1 Å². The molecule has 6 nitrogen and oxygen atoms in total. The molecule has 1 aliphatic carbocycles. The van der Waals surface area contributed by atoms with Crippen LogP contribution in [0.2, 0.25) is 0 Å². The highest BCUT2D eigenvalue weighted by atomic mass is 16.5. The van der Waals surface area contributed by atoms with Crippen molar-refractivity contribution in [2.24, 2.45) is 0 Å². The van der Waals surface area contributed by atoms with Gasteiger partial charge in [-0.25, -0.2) is 0 Å².